The van der Waals surface area contributed by atoms with Crippen LogP contribution in [-0.4, -0.2) is 29.4 Å². The molecule has 0 radical (unpaired) electrons. The molecule has 0 aliphatic heterocycles. The average molecular weight is 370 g/mol. The van der Waals surface area contributed by atoms with Crippen molar-refractivity contribution in [3.8, 4) is 11.1 Å². The van der Waals surface area contributed by atoms with Gasteiger partial charge in [-0.05, 0) is 36.1 Å². The highest BCUT2D eigenvalue weighted by molar-refractivity contribution is 5.87. The van der Waals surface area contributed by atoms with Crippen molar-refractivity contribution in [2.45, 2.75) is 31.6 Å². The lowest BCUT2D eigenvalue weighted by atomic mass is 9.85. The van der Waals surface area contributed by atoms with Crippen molar-refractivity contribution < 1.29 is 1.43 Å². The summed E-state index contributed by atoms with van der Waals surface area (Å²) >= 11 is 0. The summed E-state index contributed by atoms with van der Waals surface area (Å²) in [7, 11) is 1.93. The first kappa shape index (κ1) is 15.7. The third-order valence-electron chi connectivity index (χ3n) is 5.99. The van der Waals surface area contributed by atoms with Gasteiger partial charge in [-0.2, -0.15) is 10.2 Å². The zero-order valence-electron chi connectivity index (χ0n) is 15.7. The van der Waals surface area contributed by atoms with E-state index in [1.807, 2.05) is 47.2 Å². The van der Waals surface area contributed by atoms with Crippen LogP contribution in [0.1, 0.15) is 49.3 Å². The van der Waals surface area contributed by atoms with Crippen LogP contribution < -0.4 is 0 Å². The van der Waals surface area contributed by atoms with Gasteiger partial charge in [0, 0.05) is 56.1 Å². The normalized spacial score (nSPS) is 16.2. The summed E-state index contributed by atoms with van der Waals surface area (Å²) in [5.74, 6) is 1.60. The number of hydrogen-bond donors (Lipinski definition) is 0. The van der Waals surface area contributed by atoms with E-state index in [2.05, 4.69) is 33.4 Å². The Labute approximate surface area is 164 Å². The summed E-state index contributed by atoms with van der Waals surface area (Å²) in [6, 6.07) is 4.32. The van der Waals surface area contributed by atoms with E-state index in [-0.39, 0.29) is 1.43 Å². The van der Waals surface area contributed by atoms with Crippen LogP contribution in [0, 0.1) is 0 Å². The van der Waals surface area contributed by atoms with E-state index in [0.29, 0.717) is 5.92 Å². The molecule has 28 heavy (non-hydrogen) atoms. The molecule has 4 aromatic rings. The van der Waals surface area contributed by atoms with E-state index in [1.165, 1.54) is 30.4 Å². The molecule has 0 N–H and O–H groups in total. The molecule has 0 bridgehead atoms. The van der Waals surface area contributed by atoms with Gasteiger partial charge < -0.3 is 0 Å². The molecule has 0 amide bonds. The highest BCUT2D eigenvalue weighted by Crippen LogP contribution is 2.37. The molecule has 6 rings (SSSR count). The van der Waals surface area contributed by atoms with E-state index in [1.54, 1.807) is 0 Å². The Morgan fingerprint density at radius 1 is 1.07 bits per heavy atom. The topological polar surface area (TPSA) is 60.9 Å². The van der Waals surface area contributed by atoms with E-state index in [0.717, 1.165) is 40.1 Å². The first-order valence-corrected chi connectivity index (χ1v) is 9.79. The fraction of sp³-hybridized carbons (Fsp3) is 0.273. The molecule has 140 valence electrons. The van der Waals surface area contributed by atoms with Crippen molar-refractivity contribution in [3.63, 3.8) is 0 Å². The summed E-state index contributed by atoms with van der Waals surface area (Å²) in [5, 5.41) is 8.79. The van der Waals surface area contributed by atoms with Gasteiger partial charge in [0.05, 0.1) is 23.6 Å². The SMILES string of the molecule is Cn1cc(-c2cnn3ccc(C4=CCc5nc(C6CCC6)ncc54)cc23)cn1.[HH]. The number of hydrogen-bond acceptors (Lipinski definition) is 4. The lowest BCUT2D eigenvalue weighted by Crippen LogP contribution is -2.13. The second kappa shape index (κ2) is 5.86. The molecule has 2 aliphatic carbocycles. The summed E-state index contributed by atoms with van der Waals surface area (Å²) in [6.45, 7) is 0. The van der Waals surface area contributed by atoms with Gasteiger partial charge >= 0.3 is 0 Å². The van der Waals surface area contributed by atoms with E-state index >= 15 is 0 Å². The Kier molecular flexibility index (Phi) is 3.29. The third-order valence-corrected chi connectivity index (χ3v) is 5.99. The van der Waals surface area contributed by atoms with Gasteiger partial charge in [-0.15, -0.1) is 0 Å². The zero-order valence-corrected chi connectivity index (χ0v) is 15.7. The molecule has 0 saturated heterocycles. The third kappa shape index (κ3) is 2.34. The summed E-state index contributed by atoms with van der Waals surface area (Å²) < 4.78 is 3.73. The van der Waals surface area contributed by atoms with Crippen LogP contribution in [0.5, 0.6) is 0 Å². The minimum Gasteiger partial charge on any atom is -0.275 e. The van der Waals surface area contributed by atoms with Crippen molar-refractivity contribution in [1.82, 2.24) is 29.4 Å². The van der Waals surface area contributed by atoms with Gasteiger partial charge in [-0.3, -0.25) is 4.68 Å². The van der Waals surface area contributed by atoms with E-state index < -0.39 is 0 Å². The molecular formula is C22H22N6. The van der Waals surface area contributed by atoms with Gasteiger partial charge in [0.2, 0.25) is 0 Å². The lowest BCUT2D eigenvalue weighted by molar-refractivity contribution is 0.400. The van der Waals surface area contributed by atoms with Crippen LogP contribution in [-0.2, 0) is 13.5 Å². The van der Waals surface area contributed by atoms with Crippen molar-refractivity contribution in [2.24, 2.45) is 7.05 Å². The molecule has 0 atom stereocenters. The van der Waals surface area contributed by atoms with Gasteiger partial charge in [0.15, 0.2) is 0 Å². The molecule has 0 spiro atoms. The average Bonchev–Trinajstić information content (AvgIpc) is 3.37. The van der Waals surface area contributed by atoms with E-state index in [4.69, 9.17) is 4.98 Å². The smallest absolute Gasteiger partial charge is 0.131 e. The summed E-state index contributed by atoms with van der Waals surface area (Å²) in [4.78, 5) is 9.57. The van der Waals surface area contributed by atoms with Gasteiger partial charge in [-0.25, -0.2) is 14.5 Å². The molecule has 0 unspecified atom stereocenters. The molecule has 6 heteroatoms. The van der Waals surface area contributed by atoms with Crippen molar-refractivity contribution in [3.05, 3.63) is 71.8 Å². The van der Waals surface area contributed by atoms with Gasteiger partial charge in [0.1, 0.15) is 5.82 Å². The number of nitrogens with zero attached hydrogens (tertiary/aromatic N) is 6. The second-order valence-corrected chi connectivity index (χ2v) is 7.74. The standard InChI is InChI=1S/C22H20N6.H2/c1-27-13-16(10-24-27)18-12-25-28-8-7-15(9-21(18)28)17-5-6-20-19(17)11-23-22(26-20)14-3-2-4-14;/h5,7-14H,2-4,6H2,1H3;1H. The Bertz CT molecular complexity index is 1250. The number of fused-ring (bicyclic) bond motifs is 2. The summed E-state index contributed by atoms with van der Waals surface area (Å²) in [6.07, 6.45) is 16.8. The zero-order chi connectivity index (χ0) is 18.7. The highest BCUT2D eigenvalue weighted by atomic mass is 15.2. The lowest BCUT2D eigenvalue weighted by Gasteiger charge is -2.24. The molecule has 0 aromatic carbocycles. The Morgan fingerprint density at radius 2 is 2.00 bits per heavy atom. The van der Waals surface area contributed by atoms with Crippen LogP contribution in [0.15, 0.2) is 49.2 Å². The van der Waals surface area contributed by atoms with Gasteiger partial charge in [0.25, 0.3) is 0 Å². The van der Waals surface area contributed by atoms with Crippen LogP contribution in [0.3, 0.4) is 0 Å². The minimum atomic E-state index is 0. The summed E-state index contributed by atoms with van der Waals surface area (Å²) in [5.41, 5.74) is 7.96. The predicted molar refractivity (Wildman–Crippen MR) is 109 cm³/mol. The number of aromatic nitrogens is 6. The van der Waals surface area contributed by atoms with E-state index in [9.17, 15) is 0 Å². The molecule has 2 aliphatic rings. The monoisotopic (exact) mass is 370 g/mol. The number of rotatable bonds is 3. The molecule has 1 saturated carbocycles. The maximum absolute atomic E-state index is 4.88. The maximum atomic E-state index is 4.88. The Morgan fingerprint density at radius 3 is 2.79 bits per heavy atom. The van der Waals surface area contributed by atoms with Crippen molar-refractivity contribution in [2.75, 3.05) is 0 Å². The Balaban J connectivity index is 0.00000181. The predicted octanol–water partition coefficient (Wildman–Crippen LogP) is 4.03. The maximum Gasteiger partial charge on any atom is 0.131 e. The second-order valence-electron chi connectivity index (χ2n) is 7.74. The van der Waals surface area contributed by atoms with Crippen LogP contribution in [0.4, 0.5) is 0 Å². The van der Waals surface area contributed by atoms with Crippen molar-refractivity contribution >= 4 is 11.1 Å². The molecule has 4 heterocycles. The number of pyridine rings is 1. The molecule has 4 aromatic heterocycles. The minimum absolute atomic E-state index is 0. The van der Waals surface area contributed by atoms with Crippen molar-refractivity contribution in [1.29, 1.82) is 0 Å². The largest absolute Gasteiger partial charge is 0.275 e. The van der Waals surface area contributed by atoms with Gasteiger partial charge in [-0.1, -0.05) is 12.5 Å². The van der Waals surface area contributed by atoms with Crippen LogP contribution in [0.25, 0.3) is 22.2 Å². The molecule has 6 nitrogen and oxygen atoms in total. The molecule has 1 fully saturated rings. The number of allylic oxidation sites excluding steroid dienone is 1. The van der Waals surface area contributed by atoms with Crippen LogP contribution >= 0.6 is 0 Å². The first-order valence-electron chi connectivity index (χ1n) is 9.79. The first-order chi connectivity index (χ1) is 13.8. The molecular weight excluding hydrogens is 348 g/mol. The fourth-order valence-corrected chi connectivity index (χ4v) is 4.19. The fourth-order valence-electron chi connectivity index (χ4n) is 4.19. The Hall–Kier alpha value is -3.28. The number of aryl methyl sites for hydroxylation is 1. The quantitative estimate of drug-likeness (QED) is 0.546. The van der Waals surface area contributed by atoms with Crippen LogP contribution in [0.2, 0.25) is 0 Å². The highest BCUT2D eigenvalue weighted by Gasteiger charge is 2.25.